The number of hydrogen-bond acceptors (Lipinski definition) is 4. The van der Waals surface area contributed by atoms with E-state index in [4.69, 9.17) is 0 Å². The lowest BCUT2D eigenvalue weighted by Gasteiger charge is -2.48. The van der Waals surface area contributed by atoms with E-state index in [1.807, 2.05) is 36.6 Å². The Bertz CT molecular complexity index is 911. The smallest absolute Gasteiger partial charge is 0.257 e. The highest BCUT2D eigenvalue weighted by atomic mass is 32.1. The number of fused-ring (bicyclic) bond motifs is 3. The van der Waals surface area contributed by atoms with Gasteiger partial charge in [0.2, 0.25) is 11.8 Å². The van der Waals surface area contributed by atoms with Crippen LogP contribution >= 0.6 is 11.3 Å². The molecule has 1 aromatic carbocycles. The van der Waals surface area contributed by atoms with Crippen molar-refractivity contribution in [2.24, 2.45) is 0 Å². The fourth-order valence-corrected chi connectivity index (χ4v) is 4.83. The number of para-hydroxylation sites is 1. The first-order valence-corrected chi connectivity index (χ1v) is 10.4. The summed E-state index contributed by atoms with van der Waals surface area (Å²) < 4.78 is 0. The molecule has 0 bridgehead atoms. The van der Waals surface area contributed by atoms with E-state index in [2.05, 4.69) is 5.32 Å². The van der Waals surface area contributed by atoms with Crippen molar-refractivity contribution in [3.8, 4) is 0 Å². The van der Waals surface area contributed by atoms with Crippen LogP contribution in [-0.4, -0.2) is 41.4 Å². The van der Waals surface area contributed by atoms with E-state index >= 15 is 0 Å². The fraction of sp³-hybridized carbons (Fsp3) is 0.381. The van der Waals surface area contributed by atoms with Gasteiger partial charge in [-0.05, 0) is 43.3 Å². The molecule has 1 N–H and O–H groups in total. The number of hydrogen-bond donors (Lipinski definition) is 1. The van der Waals surface area contributed by atoms with E-state index in [0.29, 0.717) is 30.6 Å². The van der Waals surface area contributed by atoms with Gasteiger partial charge in [0.25, 0.3) is 5.91 Å². The standard InChI is InChI=1S/C21H23N3O3S/c1-21-11-8-19(26)24(21)17-7-3-2-6-16(17)20(27)23(21)13-10-18(25)22-12-9-15-5-4-14-28-15/h2-7,14H,8-13H2,1H3,(H,22,25). The van der Waals surface area contributed by atoms with Crippen molar-refractivity contribution in [2.75, 3.05) is 18.0 Å². The van der Waals surface area contributed by atoms with E-state index < -0.39 is 5.66 Å². The first kappa shape index (κ1) is 18.7. The fourth-order valence-electron chi connectivity index (χ4n) is 4.12. The molecule has 3 heterocycles. The van der Waals surface area contributed by atoms with Gasteiger partial charge in [-0.3, -0.25) is 19.3 Å². The second-order valence-electron chi connectivity index (χ2n) is 7.35. The van der Waals surface area contributed by atoms with Crippen LogP contribution in [0.25, 0.3) is 0 Å². The molecule has 146 valence electrons. The minimum Gasteiger partial charge on any atom is -0.356 e. The van der Waals surface area contributed by atoms with Gasteiger partial charge in [0.1, 0.15) is 5.66 Å². The summed E-state index contributed by atoms with van der Waals surface area (Å²) in [5, 5.41) is 4.94. The SMILES string of the molecule is CC12CCC(=O)N1c1ccccc1C(=O)N2CCC(=O)NCCc1cccs1. The Morgan fingerprint density at radius 2 is 2.04 bits per heavy atom. The van der Waals surface area contributed by atoms with E-state index in [1.54, 1.807) is 33.3 Å². The number of carbonyl (C=O) groups excluding carboxylic acids is 3. The molecule has 28 heavy (non-hydrogen) atoms. The Morgan fingerprint density at radius 1 is 1.21 bits per heavy atom. The summed E-state index contributed by atoms with van der Waals surface area (Å²) in [4.78, 5) is 42.6. The van der Waals surface area contributed by atoms with Crippen molar-refractivity contribution in [1.82, 2.24) is 10.2 Å². The Labute approximate surface area is 168 Å². The van der Waals surface area contributed by atoms with E-state index in [0.717, 1.165) is 6.42 Å². The van der Waals surface area contributed by atoms with Gasteiger partial charge in [0.15, 0.2) is 0 Å². The van der Waals surface area contributed by atoms with Gasteiger partial charge in [-0.2, -0.15) is 0 Å². The molecule has 0 radical (unpaired) electrons. The number of nitrogens with one attached hydrogen (secondary N) is 1. The van der Waals surface area contributed by atoms with Crippen molar-refractivity contribution < 1.29 is 14.4 Å². The normalized spacial score (nSPS) is 20.9. The second-order valence-corrected chi connectivity index (χ2v) is 8.38. The third-order valence-corrected chi connectivity index (χ3v) is 6.52. The zero-order valence-electron chi connectivity index (χ0n) is 15.8. The van der Waals surface area contributed by atoms with Gasteiger partial charge in [-0.15, -0.1) is 11.3 Å². The molecule has 0 aliphatic carbocycles. The summed E-state index contributed by atoms with van der Waals surface area (Å²) in [6.07, 6.45) is 2.00. The quantitative estimate of drug-likeness (QED) is 0.815. The lowest BCUT2D eigenvalue weighted by Crippen LogP contribution is -2.62. The molecule has 2 aromatic rings. The van der Waals surface area contributed by atoms with E-state index in [9.17, 15) is 14.4 Å². The summed E-state index contributed by atoms with van der Waals surface area (Å²) >= 11 is 1.67. The maximum absolute atomic E-state index is 13.1. The van der Waals surface area contributed by atoms with Crippen LogP contribution in [0.4, 0.5) is 5.69 Å². The molecule has 6 nitrogen and oxygen atoms in total. The molecule has 1 aromatic heterocycles. The second kappa shape index (κ2) is 7.39. The van der Waals surface area contributed by atoms with Gasteiger partial charge in [-0.25, -0.2) is 0 Å². The van der Waals surface area contributed by atoms with Crippen LogP contribution in [0.5, 0.6) is 0 Å². The van der Waals surface area contributed by atoms with Gasteiger partial charge in [-0.1, -0.05) is 18.2 Å². The number of benzene rings is 1. The molecular weight excluding hydrogens is 374 g/mol. The lowest BCUT2D eigenvalue weighted by molar-refractivity contribution is -0.121. The predicted octanol–water partition coefficient (Wildman–Crippen LogP) is 2.80. The third kappa shape index (κ3) is 3.20. The predicted molar refractivity (Wildman–Crippen MR) is 108 cm³/mol. The molecule has 1 atom stereocenters. The molecule has 2 aliphatic heterocycles. The maximum Gasteiger partial charge on any atom is 0.257 e. The largest absolute Gasteiger partial charge is 0.356 e. The number of carbonyl (C=O) groups is 3. The van der Waals surface area contributed by atoms with Crippen molar-refractivity contribution >= 4 is 34.7 Å². The molecule has 4 rings (SSSR count). The van der Waals surface area contributed by atoms with Crippen LogP contribution in [0.15, 0.2) is 41.8 Å². The van der Waals surface area contributed by atoms with Crippen molar-refractivity contribution in [2.45, 2.75) is 38.3 Å². The topological polar surface area (TPSA) is 69.7 Å². The zero-order valence-corrected chi connectivity index (χ0v) is 16.6. The minimum atomic E-state index is -0.709. The summed E-state index contributed by atoms with van der Waals surface area (Å²) in [6.45, 7) is 2.79. The molecule has 1 fully saturated rings. The third-order valence-electron chi connectivity index (χ3n) is 5.58. The first-order valence-electron chi connectivity index (χ1n) is 9.54. The number of rotatable bonds is 6. The van der Waals surface area contributed by atoms with Crippen LogP contribution in [0.2, 0.25) is 0 Å². The lowest BCUT2D eigenvalue weighted by atomic mass is 9.98. The number of anilines is 1. The summed E-state index contributed by atoms with van der Waals surface area (Å²) in [5.41, 5.74) is 0.488. The van der Waals surface area contributed by atoms with Crippen LogP contribution in [0.3, 0.4) is 0 Å². The van der Waals surface area contributed by atoms with Crippen LogP contribution in [0, 0.1) is 0 Å². The van der Waals surface area contributed by atoms with Gasteiger partial charge in [0.05, 0.1) is 11.3 Å². The highest BCUT2D eigenvalue weighted by molar-refractivity contribution is 7.09. The summed E-state index contributed by atoms with van der Waals surface area (Å²) in [6, 6.07) is 11.3. The van der Waals surface area contributed by atoms with Crippen molar-refractivity contribution in [3.05, 3.63) is 52.2 Å². The molecule has 7 heteroatoms. The minimum absolute atomic E-state index is 0.0212. The highest BCUT2D eigenvalue weighted by Crippen LogP contribution is 2.43. The highest BCUT2D eigenvalue weighted by Gasteiger charge is 2.52. The van der Waals surface area contributed by atoms with Crippen molar-refractivity contribution in [1.29, 1.82) is 0 Å². The monoisotopic (exact) mass is 397 g/mol. The molecule has 2 aliphatic rings. The Balaban J connectivity index is 1.44. The molecule has 0 spiro atoms. The Hall–Kier alpha value is -2.67. The summed E-state index contributed by atoms with van der Waals surface area (Å²) in [7, 11) is 0. The number of amides is 3. The molecule has 0 saturated carbocycles. The van der Waals surface area contributed by atoms with Gasteiger partial charge < -0.3 is 10.2 Å². The van der Waals surface area contributed by atoms with Crippen molar-refractivity contribution in [3.63, 3.8) is 0 Å². The average Bonchev–Trinajstić information content (AvgIpc) is 3.30. The van der Waals surface area contributed by atoms with Gasteiger partial charge >= 0.3 is 0 Å². The van der Waals surface area contributed by atoms with Crippen LogP contribution in [-0.2, 0) is 16.0 Å². The van der Waals surface area contributed by atoms with Gasteiger partial charge in [0, 0.05) is 30.8 Å². The summed E-state index contributed by atoms with van der Waals surface area (Å²) in [5.74, 6) is -0.175. The number of thiophene rings is 1. The molecular formula is C21H23N3O3S. The first-order chi connectivity index (χ1) is 13.5. The van der Waals surface area contributed by atoms with Crippen LogP contribution < -0.4 is 10.2 Å². The van der Waals surface area contributed by atoms with Crippen LogP contribution in [0.1, 0.15) is 41.4 Å². The van der Waals surface area contributed by atoms with E-state index in [-0.39, 0.29) is 30.7 Å². The van der Waals surface area contributed by atoms with E-state index in [1.165, 1.54) is 4.88 Å². The molecule has 1 saturated heterocycles. The number of nitrogens with zero attached hydrogens (tertiary/aromatic N) is 2. The Morgan fingerprint density at radius 3 is 2.82 bits per heavy atom. The maximum atomic E-state index is 13.1. The molecule has 1 unspecified atom stereocenters. The molecule has 3 amide bonds. The Kier molecular flexibility index (Phi) is 4.93. The zero-order chi connectivity index (χ0) is 19.7. The average molecular weight is 398 g/mol.